The average molecular weight is 691 g/mol. The molecule has 0 unspecified atom stereocenters. The van der Waals surface area contributed by atoms with Crippen molar-refractivity contribution < 1.29 is 4.42 Å². The fourth-order valence-corrected chi connectivity index (χ4v) is 7.54. The molecule has 0 aliphatic rings. The molecule has 10 rings (SSSR count). The van der Waals surface area contributed by atoms with Crippen LogP contribution < -0.4 is 4.90 Å². The maximum Gasteiger partial charge on any atom is 0.227 e. The van der Waals surface area contributed by atoms with Crippen molar-refractivity contribution in [1.82, 2.24) is 4.98 Å². The lowest BCUT2D eigenvalue weighted by Gasteiger charge is -2.26. The van der Waals surface area contributed by atoms with Gasteiger partial charge in [0.05, 0.1) is 0 Å². The molecule has 3 heteroatoms. The van der Waals surface area contributed by atoms with E-state index in [0.717, 1.165) is 44.9 Å². The molecule has 0 N–H and O–H groups in total. The lowest BCUT2D eigenvalue weighted by molar-refractivity contribution is 0.620. The molecule has 0 saturated heterocycles. The molecule has 0 atom stereocenters. The van der Waals surface area contributed by atoms with Crippen LogP contribution in [0.5, 0.6) is 0 Å². The fourth-order valence-electron chi connectivity index (χ4n) is 7.54. The maximum absolute atomic E-state index is 6.19. The van der Waals surface area contributed by atoms with Crippen LogP contribution in [0.3, 0.4) is 0 Å². The number of benzene rings is 9. The van der Waals surface area contributed by atoms with Crippen molar-refractivity contribution in [2.75, 3.05) is 4.90 Å². The van der Waals surface area contributed by atoms with Gasteiger partial charge in [-0.2, -0.15) is 0 Å². The van der Waals surface area contributed by atoms with E-state index in [9.17, 15) is 0 Å². The summed E-state index contributed by atoms with van der Waals surface area (Å²) in [5.41, 5.74) is 12.8. The first-order valence-corrected chi connectivity index (χ1v) is 18.3. The molecule has 0 fully saturated rings. The van der Waals surface area contributed by atoms with Gasteiger partial charge in [0.1, 0.15) is 5.52 Å². The van der Waals surface area contributed by atoms with Crippen LogP contribution in [0.2, 0.25) is 0 Å². The van der Waals surface area contributed by atoms with Gasteiger partial charge in [-0.15, -0.1) is 0 Å². The summed E-state index contributed by atoms with van der Waals surface area (Å²) in [7, 11) is 0. The Balaban J connectivity index is 1.04. The normalized spacial score (nSPS) is 11.3. The Morgan fingerprint density at radius 3 is 1.78 bits per heavy atom. The van der Waals surface area contributed by atoms with Crippen molar-refractivity contribution in [3.8, 4) is 44.8 Å². The minimum Gasteiger partial charge on any atom is -0.436 e. The minimum atomic E-state index is 0.615. The summed E-state index contributed by atoms with van der Waals surface area (Å²) in [5.74, 6) is 0.615. The average Bonchev–Trinajstić information content (AvgIpc) is 3.68. The molecule has 0 aliphatic heterocycles. The zero-order valence-corrected chi connectivity index (χ0v) is 29.4. The summed E-state index contributed by atoms with van der Waals surface area (Å²) < 4.78 is 6.19. The molecule has 54 heavy (non-hydrogen) atoms. The third kappa shape index (κ3) is 5.88. The van der Waals surface area contributed by atoms with Crippen molar-refractivity contribution in [1.29, 1.82) is 0 Å². The van der Waals surface area contributed by atoms with Crippen molar-refractivity contribution >= 4 is 49.7 Å². The first-order chi connectivity index (χ1) is 26.7. The number of hydrogen-bond donors (Lipinski definition) is 0. The lowest BCUT2D eigenvalue weighted by atomic mass is 9.95. The quantitative estimate of drug-likeness (QED) is 0.167. The van der Waals surface area contributed by atoms with Gasteiger partial charge in [0.15, 0.2) is 5.58 Å². The SMILES string of the molecule is c1ccc(-c2cccc(N(c3ccc(-c4ccc5ccc(-c6cccc7ccccc67)cc5c4)cc3)c3ccc4oc(-c5ccccc5)nc4c3)c2)cc1. The number of aromatic nitrogens is 1. The van der Waals surface area contributed by atoms with Gasteiger partial charge in [-0.1, -0.05) is 140 Å². The van der Waals surface area contributed by atoms with E-state index in [2.05, 4.69) is 175 Å². The molecule has 0 amide bonds. The van der Waals surface area contributed by atoms with Crippen molar-refractivity contribution in [3.05, 3.63) is 206 Å². The Kier molecular flexibility index (Phi) is 7.81. The molecular formula is C51H34N2O. The van der Waals surface area contributed by atoms with E-state index in [-0.39, 0.29) is 0 Å². The lowest BCUT2D eigenvalue weighted by Crippen LogP contribution is -2.10. The van der Waals surface area contributed by atoms with Gasteiger partial charge in [-0.05, 0) is 122 Å². The number of rotatable bonds is 7. The highest BCUT2D eigenvalue weighted by Crippen LogP contribution is 2.40. The second-order valence-corrected chi connectivity index (χ2v) is 13.6. The molecule has 10 aromatic rings. The van der Waals surface area contributed by atoms with Crippen LogP contribution in [0.25, 0.3) is 77.5 Å². The van der Waals surface area contributed by atoms with Gasteiger partial charge in [0.2, 0.25) is 5.89 Å². The highest BCUT2D eigenvalue weighted by molar-refractivity contribution is 5.99. The van der Waals surface area contributed by atoms with Crippen LogP contribution in [-0.4, -0.2) is 4.98 Å². The molecular weight excluding hydrogens is 657 g/mol. The topological polar surface area (TPSA) is 29.3 Å². The molecule has 3 nitrogen and oxygen atoms in total. The molecule has 1 heterocycles. The highest BCUT2D eigenvalue weighted by Gasteiger charge is 2.17. The van der Waals surface area contributed by atoms with Gasteiger partial charge in [0.25, 0.3) is 0 Å². The summed E-state index contributed by atoms with van der Waals surface area (Å²) in [6.07, 6.45) is 0. The summed E-state index contributed by atoms with van der Waals surface area (Å²) >= 11 is 0. The van der Waals surface area contributed by atoms with Crippen LogP contribution in [0.4, 0.5) is 17.1 Å². The van der Waals surface area contributed by atoms with Gasteiger partial charge in [0, 0.05) is 22.6 Å². The van der Waals surface area contributed by atoms with E-state index in [1.165, 1.54) is 43.8 Å². The Hall–Kier alpha value is -7.23. The zero-order valence-electron chi connectivity index (χ0n) is 29.4. The van der Waals surface area contributed by atoms with Crippen LogP contribution in [0.15, 0.2) is 211 Å². The van der Waals surface area contributed by atoms with Gasteiger partial charge >= 0.3 is 0 Å². The first-order valence-electron chi connectivity index (χ1n) is 18.3. The molecule has 0 bridgehead atoms. The summed E-state index contributed by atoms with van der Waals surface area (Å²) in [6, 6.07) is 73.1. The van der Waals surface area contributed by atoms with Crippen molar-refractivity contribution in [2.45, 2.75) is 0 Å². The zero-order chi connectivity index (χ0) is 35.8. The largest absolute Gasteiger partial charge is 0.436 e. The summed E-state index contributed by atoms with van der Waals surface area (Å²) in [4.78, 5) is 7.20. The predicted octanol–water partition coefficient (Wildman–Crippen LogP) is 14.3. The van der Waals surface area contributed by atoms with Crippen LogP contribution in [0, 0.1) is 0 Å². The third-order valence-corrected chi connectivity index (χ3v) is 10.3. The number of hydrogen-bond acceptors (Lipinski definition) is 3. The second-order valence-electron chi connectivity index (χ2n) is 13.6. The molecule has 9 aromatic carbocycles. The van der Waals surface area contributed by atoms with E-state index >= 15 is 0 Å². The molecule has 0 aliphatic carbocycles. The molecule has 0 radical (unpaired) electrons. The van der Waals surface area contributed by atoms with Crippen LogP contribution in [0.1, 0.15) is 0 Å². The van der Waals surface area contributed by atoms with E-state index in [1.807, 2.05) is 36.4 Å². The maximum atomic E-state index is 6.19. The number of fused-ring (bicyclic) bond motifs is 3. The predicted molar refractivity (Wildman–Crippen MR) is 225 cm³/mol. The fraction of sp³-hybridized carbons (Fsp3) is 0. The van der Waals surface area contributed by atoms with Crippen LogP contribution >= 0.6 is 0 Å². The Morgan fingerprint density at radius 2 is 0.944 bits per heavy atom. The van der Waals surface area contributed by atoms with Crippen molar-refractivity contribution in [3.63, 3.8) is 0 Å². The van der Waals surface area contributed by atoms with Crippen LogP contribution in [-0.2, 0) is 0 Å². The monoisotopic (exact) mass is 690 g/mol. The molecule has 254 valence electrons. The minimum absolute atomic E-state index is 0.615. The number of oxazole rings is 1. The van der Waals surface area contributed by atoms with E-state index in [4.69, 9.17) is 9.40 Å². The van der Waals surface area contributed by atoms with Gasteiger partial charge in [-0.3, -0.25) is 0 Å². The summed E-state index contributed by atoms with van der Waals surface area (Å²) in [5, 5.41) is 4.96. The molecule has 0 saturated carbocycles. The standard InChI is InChI=1S/C51H34N2O/c1-3-11-35(12-4-1)40-17-9-18-45(33-40)53(46-29-30-50-49(34-46)52-51(54-50)39-14-5-2-6-15-39)44-27-25-36(26-28-44)41-23-21-37-22-24-42(32-43(37)31-41)48-20-10-16-38-13-7-8-19-47(38)48/h1-34H. The molecule has 0 spiro atoms. The van der Waals surface area contributed by atoms with Crippen molar-refractivity contribution in [2.24, 2.45) is 0 Å². The van der Waals surface area contributed by atoms with Gasteiger partial charge < -0.3 is 9.32 Å². The number of anilines is 3. The van der Waals surface area contributed by atoms with E-state index in [1.54, 1.807) is 0 Å². The smallest absolute Gasteiger partial charge is 0.227 e. The Labute approximate surface area is 314 Å². The van der Waals surface area contributed by atoms with Gasteiger partial charge in [-0.25, -0.2) is 4.98 Å². The Morgan fingerprint density at radius 1 is 0.352 bits per heavy atom. The van der Waals surface area contributed by atoms with E-state index in [0.29, 0.717) is 5.89 Å². The van der Waals surface area contributed by atoms with E-state index < -0.39 is 0 Å². The molecule has 1 aromatic heterocycles. The first kappa shape index (κ1) is 31.5. The third-order valence-electron chi connectivity index (χ3n) is 10.3. The second kappa shape index (κ2) is 13.4. The summed E-state index contributed by atoms with van der Waals surface area (Å²) in [6.45, 7) is 0. The Bertz CT molecular complexity index is 2920. The number of nitrogens with zero attached hydrogens (tertiary/aromatic N) is 2. The highest BCUT2D eigenvalue weighted by atomic mass is 16.3.